The van der Waals surface area contributed by atoms with E-state index in [1.165, 1.54) is 6.07 Å². The highest BCUT2D eigenvalue weighted by molar-refractivity contribution is 5.95. The number of nitrogens with zero attached hydrogens (tertiary/aromatic N) is 1. The van der Waals surface area contributed by atoms with Crippen LogP contribution in [0, 0.1) is 5.41 Å². The second-order valence-corrected chi connectivity index (χ2v) is 5.90. The molecule has 116 valence electrons. The molecule has 2 N–H and O–H groups in total. The van der Waals surface area contributed by atoms with E-state index in [0.717, 1.165) is 31.6 Å². The fourth-order valence-electron chi connectivity index (χ4n) is 2.51. The smallest absolute Gasteiger partial charge is 0.323 e. The molecule has 2 rings (SSSR count). The topological polar surface area (TPSA) is 54.0 Å². The molecule has 1 aromatic heterocycles. The van der Waals surface area contributed by atoms with Gasteiger partial charge in [-0.15, -0.1) is 0 Å². The summed E-state index contributed by atoms with van der Waals surface area (Å²) in [5, 5.41) is 5.77. The summed E-state index contributed by atoms with van der Waals surface area (Å²) < 4.78 is 37.2. The third-order valence-corrected chi connectivity index (χ3v) is 3.71. The van der Waals surface area contributed by atoms with Gasteiger partial charge in [-0.1, -0.05) is 13.8 Å². The maximum absolute atomic E-state index is 12.4. The van der Waals surface area contributed by atoms with Crippen LogP contribution in [0.15, 0.2) is 18.3 Å². The molecule has 21 heavy (non-hydrogen) atoms. The van der Waals surface area contributed by atoms with Crippen LogP contribution in [0.3, 0.4) is 0 Å². The van der Waals surface area contributed by atoms with Gasteiger partial charge in [-0.05, 0) is 36.9 Å². The number of pyridine rings is 1. The lowest BCUT2D eigenvalue weighted by atomic mass is 9.77. The molecule has 0 aromatic carbocycles. The Morgan fingerprint density at radius 2 is 2.14 bits per heavy atom. The normalized spacial score (nSPS) is 21.9. The van der Waals surface area contributed by atoms with Crippen LogP contribution < -0.4 is 10.6 Å². The first kappa shape index (κ1) is 15.8. The van der Waals surface area contributed by atoms with Gasteiger partial charge in [-0.3, -0.25) is 4.79 Å². The Morgan fingerprint density at radius 3 is 2.67 bits per heavy atom. The Labute approximate surface area is 121 Å². The summed E-state index contributed by atoms with van der Waals surface area (Å²) in [4.78, 5) is 15.6. The van der Waals surface area contributed by atoms with E-state index in [1.54, 1.807) is 0 Å². The van der Waals surface area contributed by atoms with Gasteiger partial charge in [-0.2, -0.15) is 13.2 Å². The molecule has 7 heteroatoms. The molecule has 0 aliphatic carbocycles. The molecule has 0 bridgehead atoms. The molecule has 1 fully saturated rings. The first-order chi connectivity index (χ1) is 9.70. The average Bonchev–Trinajstić information content (AvgIpc) is 2.37. The Hall–Kier alpha value is -1.63. The molecule has 1 amide bonds. The Bertz CT molecular complexity index is 511. The number of alkyl halides is 3. The van der Waals surface area contributed by atoms with Crippen molar-refractivity contribution in [1.29, 1.82) is 0 Å². The van der Waals surface area contributed by atoms with E-state index in [-0.39, 0.29) is 23.1 Å². The second-order valence-electron chi connectivity index (χ2n) is 5.90. The molecule has 1 saturated heterocycles. The van der Waals surface area contributed by atoms with E-state index in [2.05, 4.69) is 15.6 Å². The minimum Gasteiger partial charge on any atom is -0.323 e. The summed E-state index contributed by atoms with van der Waals surface area (Å²) >= 11 is 0. The molecular weight excluding hydrogens is 283 g/mol. The number of nitrogens with one attached hydrogen (secondary N) is 2. The molecule has 1 unspecified atom stereocenters. The SMILES string of the molecule is CC1(C)CCCNC1C(=O)Nc1ccc(C(F)(F)F)nc1. The van der Waals surface area contributed by atoms with E-state index in [0.29, 0.717) is 0 Å². The molecule has 1 atom stereocenters. The Balaban J connectivity index is 2.06. The van der Waals surface area contributed by atoms with E-state index in [4.69, 9.17) is 0 Å². The Morgan fingerprint density at radius 1 is 1.43 bits per heavy atom. The third-order valence-electron chi connectivity index (χ3n) is 3.71. The highest BCUT2D eigenvalue weighted by Gasteiger charge is 2.37. The zero-order valence-electron chi connectivity index (χ0n) is 11.9. The van der Waals surface area contributed by atoms with Crippen molar-refractivity contribution < 1.29 is 18.0 Å². The lowest BCUT2D eigenvalue weighted by molar-refractivity contribution is -0.141. The number of halogens is 3. The van der Waals surface area contributed by atoms with Gasteiger partial charge in [0.05, 0.1) is 17.9 Å². The molecule has 2 heterocycles. The van der Waals surface area contributed by atoms with Crippen LogP contribution in [0.4, 0.5) is 18.9 Å². The number of rotatable bonds is 2. The van der Waals surface area contributed by atoms with Crippen molar-refractivity contribution in [3.8, 4) is 0 Å². The van der Waals surface area contributed by atoms with Gasteiger partial charge in [0.25, 0.3) is 0 Å². The highest BCUT2D eigenvalue weighted by atomic mass is 19.4. The molecular formula is C14H18F3N3O. The fraction of sp³-hybridized carbons (Fsp3) is 0.571. The van der Waals surface area contributed by atoms with Gasteiger partial charge < -0.3 is 10.6 Å². The second kappa shape index (κ2) is 5.63. The van der Waals surface area contributed by atoms with Gasteiger partial charge in [0.15, 0.2) is 0 Å². The first-order valence-electron chi connectivity index (χ1n) is 6.78. The number of carbonyl (C=O) groups is 1. The molecule has 0 radical (unpaired) electrons. The highest BCUT2D eigenvalue weighted by Crippen LogP contribution is 2.31. The maximum Gasteiger partial charge on any atom is 0.433 e. The standard InChI is InChI=1S/C14H18F3N3O/c1-13(2)6-3-7-18-11(13)12(21)20-9-4-5-10(19-8-9)14(15,16)17/h4-5,8,11,18H,3,6-7H2,1-2H3,(H,20,21). The average molecular weight is 301 g/mol. The van der Waals surface area contributed by atoms with E-state index < -0.39 is 11.9 Å². The van der Waals surface area contributed by atoms with Crippen molar-refractivity contribution in [2.75, 3.05) is 11.9 Å². The number of aromatic nitrogens is 1. The summed E-state index contributed by atoms with van der Waals surface area (Å²) in [6, 6.07) is 1.70. The summed E-state index contributed by atoms with van der Waals surface area (Å²) in [7, 11) is 0. The first-order valence-corrected chi connectivity index (χ1v) is 6.78. The summed E-state index contributed by atoms with van der Waals surface area (Å²) in [6.45, 7) is 4.75. The van der Waals surface area contributed by atoms with Crippen LogP contribution in [0.2, 0.25) is 0 Å². The monoisotopic (exact) mass is 301 g/mol. The maximum atomic E-state index is 12.4. The fourth-order valence-corrected chi connectivity index (χ4v) is 2.51. The minimum atomic E-state index is -4.48. The predicted octanol–water partition coefficient (Wildman–Crippen LogP) is 2.82. The van der Waals surface area contributed by atoms with Crippen LogP contribution in [-0.4, -0.2) is 23.5 Å². The number of hydrogen-bond donors (Lipinski definition) is 2. The van der Waals surface area contributed by atoms with Crippen molar-refractivity contribution in [3.63, 3.8) is 0 Å². The molecule has 1 aliphatic rings. The van der Waals surface area contributed by atoms with Crippen LogP contribution in [0.25, 0.3) is 0 Å². The lowest BCUT2D eigenvalue weighted by Crippen LogP contribution is -2.53. The number of piperidine rings is 1. The molecule has 1 aliphatic heterocycles. The number of carbonyl (C=O) groups excluding carboxylic acids is 1. The summed E-state index contributed by atoms with van der Waals surface area (Å²) in [5.74, 6) is -0.249. The predicted molar refractivity (Wildman–Crippen MR) is 72.7 cm³/mol. The van der Waals surface area contributed by atoms with Crippen LogP contribution >= 0.6 is 0 Å². The largest absolute Gasteiger partial charge is 0.433 e. The third kappa shape index (κ3) is 3.72. The van der Waals surface area contributed by atoms with Crippen molar-refractivity contribution in [3.05, 3.63) is 24.0 Å². The van der Waals surface area contributed by atoms with E-state index in [1.807, 2.05) is 13.8 Å². The van der Waals surface area contributed by atoms with Crippen molar-refractivity contribution in [2.45, 2.75) is 38.9 Å². The molecule has 1 aromatic rings. The minimum absolute atomic E-state index is 0.193. The lowest BCUT2D eigenvalue weighted by Gasteiger charge is -2.38. The molecule has 0 spiro atoms. The Kier molecular flexibility index (Phi) is 4.22. The van der Waals surface area contributed by atoms with Crippen LogP contribution in [-0.2, 0) is 11.0 Å². The van der Waals surface area contributed by atoms with Gasteiger partial charge in [0.1, 0.15) is 5.69 Å². The quantitative estimate of drug-likeness (QED) is 0.883. The summed E-state index contributed by atoms with van der Waals surface area (Å²) in [6.07, 6.45) is -1.53. The number of hydrogen-bond acceptors (Lipinski definition) is 3. The number of anilines is 1. The zero-order valence-corrected chi connectivity index (χ0v) is 11.9. The van der Waals surface area contributed by atoms with Crippen molar-refractivity contribution >= 4 is 11.6 Å². The van der Waals surface area contributed by atoms with Gasteiger partial charge in [-0.25, -0.2) is 4.98 Å². The van der Waals surface area contributed by atoms with Gasteiger partial charge >= 0.3 is 6.18 Å². The van der Waals surface area contributed by atoms with E-state index >= 15 is 0 Å². The van der Waals surface area contributed by atoms with Crippen LogP contribution in [0.1, 0.15) is 32.4 Å². The van der Waals surface area contributed by atoms with Crippen molar-refractivity contribution in [2.24, 2.45) is 5.41 Å². The van der Waals surface area contributed by atoms with Gasteiger partial charge in [0, 0.05) is 0 Å². The van der Waals surface area contributed by atoms with E-state index in [9.17, 15) is 18.0 Å². The van der Waals surface area contributed by atoms with Crippen molar-refractivity contribution in [1.82, 2.24) is 10.3 Å². The zero-order chi connectivity index (χ0) is 15.7. The molecule has 4 nitrogen and oxygen atoms in total. The molecule has 0 saturated carbocycles. The number of amides is 1. The van der Waals surface area contributed by atoms with Gasteiger partial charge in [0.2, 0.25) is 5.91 Å². The summed E-state index contributed by atoms with van der Waals surface area (Å²) in [5.41, 5.74) is -0.908. The van der Waals surface area contributed by atoms with Crippen LogP contribution in [0.5, 0.6) is 0 Å².